The van der Waals surface area contributed by atoms with Gasteiger partial charge in [0.05, 0.1) is 5.75 Å². The van der Waals surface area contributed by atoms with Gasteiger partial charge >= 0.3 is 0 Å². The van der Waals surface area contributed by atoms with Gasteiger partial charge in [-0.3, -0.25) is 9.59 Å². The number of amides is 2. The van der Waals surface area contributed by atoms with Crippen LogP contribution in [0.1, 0.15) is 36.5 Å². The summed E-state index contributed by atoms with van der Waals surface area (Å²) in [7, 11) is 0. The van der Waals surface area contributed by atoms with Crippen molar-refractivity contribution in [3.8, 4) is 0 Å². The Hall–Kier alpha value is -2.28. The molecule has 0 spiro atoms. The molecule has 0 radical (unpaired) electrons. The Balaban J connectivity index is 1.81. The molecule has 0 heterocycles. The molecule has 0 saturated carbocycles. The monoisotopic (exact) mass is 586 g/mol. The summed E-state index contributed by atoms with van der Waals surface area (Å²) in [6.45, 7) is 3.06. The average molecular weight is 588 g/mol. The lowest BCUT2D eigenvalue weighted by molar-refractivity contribution is -0.139. The molecule has 0 bridgehead atoms. The molecule has 1 N–H and O–H groups in total. The highest BCUT2D eigenvalue weighted by Gasteiger charge is 2.30. The number of benzene rings is 3. The third-order valence-electron chi connectivity index (χ3n) is 5.77. The van der Waals surface area contributed by atoms with Gasteiger partial charge in [-0.2, -0.15) is 0 Å². The quantitative estimate of drug-likeness (QED) is 0.222. The van der Waals surface area contributed by atoms with Gasteiger partial charge in [0.15, 0.2) is 0 Å². The first-order valence-electron chi connectivity index (χ1n) is 12.1. The number of unbranched alkanes of at least 4 members (excludes halogenated alkanes) is 1. The maximum atomic E-state index is 13.6. The zero-order chi connectivity index (χ0) is 25.8. The van der Waals surface area contributed by atoms with E-state index in [0.717, 1.165) is 34.0 Å². The predicted molar refractivity (Wildman–Crippen MR) is 154 cm³/mol. The summed E-state index contributed by atoms with van der Waals surface area (Å²) in [6.07, 6.45) is 2.36. The van der Waals surface area contributed by atoms with Gasteiger partial charge in [0.25, 0.3) is 0 Å². The van der Waals surface area contributed by atoms with Gasteiger partial charge < -0.3 is 10.2 Å². The highest BCUT2D eigenvalue weighted by molar-refractivity contribution is 9.10. The Morgan fingerprint density at radius 3 is 2.28 bits per heavy atom. The molecule has 2 amide bonds. The van der Waals surface area contributed by atoms with Crippen molar-refractivity contribution >= 4 is 51.1 Å². The van der Waals surface area contributed by atoms with Gasteiger partial charge in [0, 0.05) is 34.8 Å². The number of nitrogens with one attached hydrogen (secondary N) is 1. The fraction of sp³-hybridized carbons (Fsp3) is 0.310. The molecule has 3 rings (SSSR count). The third kappa shape index (κ3) is 9.30. The van der Waals surface area contributed by atoms with Gasteiger partial charge in [-0.15, -0.1) is 11.8 Å². The Morgan fingerprint density at radius 1 is 0.944 bits per heavy atom. The minimum Gasteiger partial charge on any atom is -0.354 e. The number of thioether (sulfide) groups is 1. The van der Waals surface area contributed by atoms with Crippen LogP contribution in [0.25, 0.3) is 0 Å². The molecule has 1 atom stereocenters. The van der Waals surface area contributed by atoms with Crippen LogP contribution in [-0.2, 0) is 28.3 Å². The van der Waals surface area contributed by atoms with Crippen LogP contribution >= 0.6 is 39.3 Å². The molecule has 3 aromatic rings. The molecule has 0 aliphatic rings. The summed E-state index contributed by atoms with van der Waals surface area (Å²) < 4.78 is 0.973. The maximum absolute atomic E-state index is 13.6. The average Bonchev–Trinajstić information content (AvgIpc) is 2.89. The minimum absolute atomic E-state index is 0.0524. The van der Waals surface area contributed by atoms with Crippen molar-refractivity contribution in [2.24, 2.45) is 0 Å². The molecule has 36 heavy (non-hydrogen) atoms. The van der Waals surface area contributed by atoms with E-state index in [0.29, 0.717) is 30.3 Å². The molecule has 0 aliphatic heterocycles. The number of carbonyl (C=O) groups excluding carboxylic acids is 2. The van der Waals surface area contributed by atoms with E-state index in [2.05, 4.69) is 28.2 Å². The van der Waals surface area contributed by atoms with Crippen molar-refractivity contribution in [2.75, 3.05) is 12.3 Å². The van der Waals surface area contributed by atoms with Gasteiger partial charge in [-0.05, 0) is 47.4 Å². The SMILES string of the molecule is CCCCNC(=O)[C@@H](Cc1ccccc1)N(Cc1ccc(Br)cc1)C(=O)CSCc1ccc(Cl)cc1. The highest BCUT2D eigenvalue weighted by atomic mass is 79.9. The van der Waals surface area contributed by atoms with Crippen LogP contribution in [0.2, 0.25) is 5.02 Å². The molecule has 3 aromatic carbocycles. The number of carbonyl (C=O) groups is 2. The second-order valence-electron chi connectivity index (χ2n) is 8.62. The Morgan fingerprint density at radius 2 is 1.61 bits per heavy atom. The molecular formula is C29H32BrClN2O2S. The molecule has 0 unspecified atom stereocenters. The lowest BCUT2D eigenvalue weighted by Crippen LogP contribution is -2.51. The summed E-state index contributed by atoms with van der Waals surface area (Å²) in [5.41, 5.74) is 3.11. The van der Waals surface area contributed by atoms with E-state index in [4.69, 9.17) is 11.6 Å². The van der Waals surface area contributed by atoms with Crippen molar-refractivity contribution in [1.29, 1.82) is 0 Å². The summed E-state index contributed by atoms with van der Waals surface area (Å²) >= 11 is 11.0. The van der Waals surface area contributed by atoms with E-state index < -0.39 is 6.04 Å². The first-order chi connectivity index (χ1) is 17.5. The topological polar surface area (TPSA) is 49.4 Å². The third-order valence-corrected chi connectivity index (χ3v) is 7.54. The fourth-order valence-electron chi connectivity index (χ4n) is 3.77. The molecule has 4 nitrogen and oxygen atoms in total. The molecule has 7 heteroatoms. The second-order valence-corrected chi connectivity index (χ2v) is 11.0. The zero-order valence-electron chi connectivity index (χ0n) is 20.5. The van der Waals surface area contributed by atoms with Gasteiger partial charge in [0.2, 0.25) is 11.8 Å². The predicted octanol–water partition coefficient (Wildman–Crippen LogP) is 6.89. The molecule has 190 valence electrons. The van der Waals surface area contributed by atoms with Gasteiger partial charge in [-0.1, -0.05) is 95.5 Å². The van der Waals surface area contributed by atoms with Crippen LogP contribution in [0.3, 0.4) is 0 Å². The smallest absolute Gasteiger partial charge is 0.243 e. The van der Waals surface area contributed by atoms with Crippen molar-refractivity contribution in [1.82, 2.24) is 10.2 Å². The Bertz CT molecular complexity index is 1090. The number of halogens is 2. The molecule has 0 aliphatic carbocycles. The summed E-state index contributed by atoms with van der Waals surface area (Å²) in [4.78, 5) is 28.8. The van der Waals surface area contributed by atoms with Gasteiger partial charge in [-0.25, -0.2) is 0 Å². The number of hydrogen-bond donors (Lipinski definition) is 1. The molecule has 0 aromatic heterocycles. The standard InChI is InChI=1S/C29H32BrClN2O2S/c1-2-3-17-32-29(35)27(18-22-7-5-4-6-8-22)33(19-23-9-13-25(30)14-10-23)28(34)21-36-20-24-11-15-26(31)16-12-24/h4-16,27H,2-3,17-21H2,1H3,(H,32,35)/t27-/m1/s1. The number of hydrogen-bond acceptors (Lipinski definition) is 3. The first kappa shape index (κ1) is 28.3. The molecule has 0 saturated heterocycles. The molecular weight excluding hydrogens is 556 g/mol. The lowest BCUT2D eigenvalue weighted by atomic mass is 10.0. The number of rotatable bonds is 13. The summed E-state index contributed by atoms with van der Waals surface area (Å²) in [6, 6.07) is 24.8. The van der Waals surface area contributed by atoms with E-state index in [1.165, 1.54) is 0 Å². The van der Waals surface area contributed by atoms with Gasteiger partial charge in [0.1, 0.15) is 6.04 Å². The van der Waals surface area contributed by atoms with E-state index in [9.17, 15) is 9.59 Å². The highest BCUT2D eigenvalue weighted by Crippen LogP contribution is 2.20. The van der Waals surface area contributed by atoms with E-state index in [1.807, 2.05) is 78.9 Å². The van der Waals surface area contributed by atoms with Crippen molar-refractivity contribution < 1.29 is 9.59 Å². The summed E-state index contributed by atoms with van der Waals surface area (Å²) in [5, 5.41) is 3.75. The van der Waals surface area contributed by atoms with Crippen LogP contribution in [0, 0.1) is 0 Å². The summed E-state index contributed by atoms with van der Waals surface area (Å²) in [5.74, 6) is 0.817. The second kappa shape index (κ2) is 15.1. The fourth-order valence-corrected chi connectivity index (χ4v) is 5.03. The van der Waals surface area contributed by atoms with E-state index in [1.54, 1.807) is 16.7 Å². The largest absolute Gasteiger partial charge is 0.354 e. The van der Waals surface area contributed by atoms with Crippen LogP contribution < -0.4 is 5.32 Å². The normalized spacial score (nSPS) is 11.6. The van der Waals surface area contributed by atoms with Crippen LogP contribution in [-0.4, -0.2) is 35.1 Å². The van der Waals surface area contributed by atoms with Crippen molar-refractivity contribution in [3.63, 3.8) is 0 Å². The zero-order valence-corrected chi connectivity index (χ0v) is 23.6. The van der Waals surface area contributed by atoms with Crippen molar-refractivity contribution in [2.45, 2.75) is 44.5 Å². The Labute approximate surface area is 231 Å². The minimum atomic E-state index is -0.600. The van der Waals surface area contributed by atoms with Crippen LogP contribution in [0.4, 0.5) is 0 Å². The first-order valence-corrected chi connectivity index (χ1v) is 14.5. The van der Waals surface area contributed by atoms with Crippen molar-refractivity contribution in [3.05, 3.63) is 105 Å². The van der Waals surface area contributed by atoms with E-state index >= 15 is 0 Å². The van der Waals surface area contributed by atoms with Crippen LogP contribution in [0.15, 0.2) is 83.3 Å². The maximum Gasteiger partial charge on any atom is 0.243 e. The molecule has 0 fully saturated rings. The van der Waals surface area contributed by atoms with E-state index in [-0.39, 0.29) is 17.6 Å². The Kier molecular flexibility index (Phi) is 11.9. The lowest BCUT2D eigenvalue weighted by Gasteiger charge is -2.31. The number of nitrogens with zero attached hydrogens (tertiary/aromatic N) is 1. The van der Waals surface area contributed by atoms with Crippen LogP contribution in [0.5, 0.6) is 0 Å².